The van der Waals surface area contributed by atoms with Crippen molar-refractivity contribution >= 4 is 46.2 Å². The van der Waals surface area contributed by atoms with Gasteiger partial charge in [0, 0.05) is 72.5 Å². The number of anilines is 6. The van der Waals surface area contributed by atoms with Crippen LogP contribution in [0.4, 0.5) is 43.2 Å². The molecule has 3 unspecified atom stereocenters. The third-order valence-corrected chi connectivity index (χ3v) is 11.5. The predicted molar refractivity (Wildman–Crippen MR) is 244 cm³/mol. The summed E-state index contributed by atoms with van der Waals surface area (Å²) >= 11 is 0. The minimum absolute atomic E-state index is 0.0257. The number of pyridine rings is 2. The van der Waals surface area contributed by atoms with Crippen LogP contribution in [-0.4, -0.2) is 65.5 Å². The second-order valence-corrected chi connectivity index (χ2v) is 17.2. The first-order valence-electron chi connectivity index (χ1n) is 21.9. The summed E-state index contributed by atoms with van der Waals surface area (Å²) in [4.78, 5) is 43.1. The Kier molecular flexibility index (Phi) is 13.3. The molecule has 6 aromatic rings. The molecular formula is C47H54F2N12O4. The molecule has 0 aliphatic heterocycles. The van der Waals surface area contributed by atoms with E-state index in [-0.39, 0.29) is 29.6 Å². The van der Waals surface area contributed by atoms with Gasteiger partial charge in [0.1, 0.15) is 36.6 Å². The number of alkyl halides is 2. The minimum atomic E-state index is -1.47. The Morgan fingerprint density at radius 1 is 0.723 bits per heavy atom. The summed E-state index contributed by atoms with van der Waals surface area (Å²) in [7, 11) is 4.86. The molecule has 3 atom stereocenters. The molecule has 0 spiro atoms. The average molecular weight is 889 g/mol. The molecule has 2 amide bonds. The van der Waals surface area contributed by atoms with E-state index in [9.17, 15) is 9.59 Å². The molecule has 4 heterocycles. The summed E-state index contributed by atoms with van der Waals surface area (Å²) in [6.45, 7) is 6.08. The van der Waals surface area contributed by atoms with Crippen LogP contribution in [0.5, 0.6) is 11.5 Å². The van der Waals surface area contributed by atoms with E-state index >= 15 is 8.78 Å². The zero-order chi connectivity index (χ0) is 45.8. The average Bonchev–Trinajstić information content (AvgIpc) is 4.23. The first-order valence-corrected chi connectivity index (χ1v) is 21.9. The van der Waals surface area contributed by atoms with Crippen molar-refractivity contribution in [1.29, 1.82) is 0 Å². The number of aromatic nitrogens is 8. The van der Waals surface area contributed by atoms with Crippen LogP contribution >= 0.6 is 0 Å². The number of nitrogens with zero attached hydrogens (tertiary/aromatic N) is 8. The highest BCUT2D eigenvalue weighted by Crippen LogP contribution is 2.43. The van der Waals surface area contributed by atoms with Crippen molar-refractivity contribution in [1.82, 2.24) is 39.5 Å². The predicted octanol–water partition coefficient (Wildman–Crippen LogP) is 9.53. The highest BCUT2D eigenvalue weighted by molar-refractivity contribution is 5.94. The second-order valence-electron chi connectivity index (χ2n) is 17.2. The van der Waals surface area contributed by atoms with Gasteiger partial charge in [-0.1, -0.05) is 32.9 Å². The number of benzene rings is 2. The van der Waals surface area contributed by atoms with Crippen LogP contribution in [0, 0.1) is 23.7 Å². The van der Waals surface area contributed by atoms with Crippen LogP contribution in [0.25, 0.3) is 22.8 Å². The third-order valence-electron chi connectivity index (χ3n) is 11.5. The van der Waals surface area contributed by atoms with E-state index in [2.05, 4.69) is 46.3 Å². The minimum Gasteiger partial charge on any atom is -0.494 e. The molecule has 4 aromatic heterocycles. The molecule has 340 valence electrons. The van der Waals surface area contributed by atoms with E-state index in [0.29, 0.717) is 99.2 Å². The van der Waals surface area contributed by atoms with Crippen LogP contribution in [0.15, 0.2) is 73.6 Å². The Balaban J connectivity index is 1.000. The van der Waals surface area contributed by atoms with Crippen molar-refractivity contribution in [3.05, 3.63) is 84.7 Å². The van der Waals surface area contributed by atoms with E-state index in [4.69, 9.17) is 14.6 Å². The van der Waals surface area contributed by atoms with Crippen LogP contribution in [0.3, 0.4) is 0 Å². The van der Waals surface area contributed by atoms with Crippen molar-refractivity contribution < 1.29 is 27.8 Å². The van der Waals surface area contributed by atoms with Gasteiger partial charge in [0.15, 0.2) is 23.1 Å². The maximum Gasteiger partial charge on any atom is 0.228 e. The fourth-order valence-corrected chi connectivity index (χ4v) is 7.57. The second kappa shape index (κ2) is 19.4. The molecule has 2 aliphatic rings. The van der Waals surface area contributed by atoms with Gasteiger partial charge < -0.3 is 30.7 Å². The van der Waals surface area contributed by atoms with Gasteiger partial charge in [0.2, 0.25) is 11.8 Å². The monoisotopic (exact) mass is 888 g/mol. The number of amides is 2. The standard InChI is InChI=1S/C47H54F2N12O4/c1-26(2)19-34(48)32-22-50-39(56-46(62)28-13-14-28)20-37(32)54-35-11-8-10-31(43(35)65-6)45-53-25-61(59-45)18-17-27(3)41(49)33-23-51-40(57-47(63)29-15-16-29)21-38(33)55-36-12-7-9-30(42(36)64-5)44-52-24-60(4)58-44/h7-12,20-29,34,41H,13-19H2,1-6H3,(H2,50,54,56,62)(H2,51,55,57,63). The molecule has 8 rings (SSSR count). The smallest absolute Gasteiger partial charge is 0.228 e. The Morgan fingerprint density at radius 2 is 1.25 bits per heavy atom. The molecule has 0 radical (unpaired) electrons. The molecular weight excluding hydrogens is 835 g/mol. The summed E-state index contributed by atoms with van der Waals surface area (Å²) in [6.07, 6.45) is 7.35. The number of aryl methyl sites for hydroxylation is 2. The fraction of sp³-hybridized carbons (Fsp3) is 0.404. The number of carbonyl (C=O) groups is 2. The number of methoxy groups -OCH3 is 2. The van der Waals surface area contributed by atoms with Gasteiger partial charge in [-0.2, -0.15) is 10.2 Å². The highest BCUT2D eigenvalue weighted by Gasteiger charge is 2.32. The van der Waals surface area contributed by atoms with Gasteiger partial charge in [-0.3, -0.25) is 19.0 Å². The maximum atomic E-state index is 16.8. The zero-order valence-electron chi connectivity index (χ0n) is 37.3. The summed E-state index contributed by atoms with van der Waals surface area (Å²) < 4.78 is 47.5. The highest BCUT2D eigenvalue weighted by atomic mass is 19.1. The number of hydrogen-bond acceptors (Lipinski definition) is 12. The molecule has 4 N–H and O–H groups in total. The Morgan fingerprint density at radius 3 is 1.75 bits per heavy atom. The maximum absolute atomic E-state index is 16.8. The van der Waals surface area contributed by atoms with Gasteiger partial charge in [0.05, 0.1) is 36.7 Å². The van der Waals surface area contributed by atoms with Gasteiger partial charge in [-0.15, -0.1) is 0 Å². The number of ether oxygens (including phenoxy) is 2. The summed E-state index contributed by atoms with van der Waals surface area (Å²) in [5, 5.41) is 21.6. The lowest BCUT2D eigenvalue weighted by molar-refractivity contribution is -0.118. The van der Waals surface area contributed by atoms with Gasteiger partial charge in [-0.25, -0.2) is 28.7 Å². The SMILES string of the molecule is COc1c(Nc2cc(NC(=O)C3CC3)ncc2C(F)CC(C)C)cccc1-c1ncn(CCC(C)C(F)c2cnc(NC(=O)C3CC3)cc2Nc2cccc(-c3ncn(C)n3)c2OC)n1. The van der Waals surface area contributed by atoms with E-state index in [0.717, 1.165) is 25.7 Å². The first kappa shape index (κ1) is 44.6. The van der Waals surface area contributed by atoms with Crippen molar-refractivity contribution in [2.45, 2.75) is 78.2 Å². The first-order chi connectivity index (χ1) is 31.4. The molecule has 2 aliphatic carbocycles. The van der Waals surface area contributed by atoms with Crippen LogP contribution in [0.1, 0.15) is 82.8 Å². The lowest BCUT2D eigenvalue weighted by atomic mass is 9.95. The number of carbonyl (C=O) groups excluding carboxylic acids is 2. The van der Waals surface area contributed by atoms with E-state index < -0.39 is 18.3 Å². The van der Waals surface area contributed by atoms with Crippen molar-refractivity contribution in [2.24, 2.45) is 30.7 Å². The lowest BCUT2D eigenvalue weighted by Gasteiger charge is -2.22. The quantitative estimate of drug-likeness (QED) is 0.0569. The number of hydrogen-bond donors (Lipinski definition) is 4. The fourth-order valence-electron chi connectivity index (χ4n) is 7.57. The van der Waals surface area contributed by atoms with Crippen LogP contribution in [-0.2, 0) is 23.2 Å². The molecule has 0 saturated heterocycles. The van der Waals surface area contributed by atoms with E-state index in [1.54, 1.807) is 54.4 Å². The number of halogens is 2. The lowest BCUT2D eigenvalue weighted by Crippen LogP contribution is -2.16. The van der Waals surface area contributed by atoms with Crippen molar-refractivity contribution in [2.75, 3.05) is 35.5 Å². The molecule has 65 heavy (non-hydrogen) atoms. The largest absolute Gasteiger partial charge is 0.494 e. The van der Waals surface area contributed by atoms with Crippen molar-refractivity contribution in [3.63, 3.8) is 0 Å². The number of para-hydroxylation sites is 2. The Labute approximate surface area is 376 Å². The van der Waals surface area contributed by atoms with E-state index in [1.807, 2.05) is 51.1 Å². The molecule has 2 aromatic carbocycles. The third kappa shape index (κ3) is 10.5. The summed E-state index contributed by atoms with van der Waals surface area (Å²) in [6, 6.07) is 14.2. The molecule has 16 nitrogen and oxygen atoms in total. The number of nitrogens with one attached hydrogen (secondary N) is 4. The number of rotatable bonds is 20. The Bertz CT molecular complexity index is 2660. The zero-order valence-corrected chi connectivity index (χ0v) is 37.3. The molecule has 0 bridgehead atoms. The van der Waals surface area contributed by atoms with Gasteiger partial charge >= 0.3 is 0 Å². The molecule has 2 saturated carbocycles. The topological polar surface area (TPSA) is 188 Å². The summed E-state index contributed by atoms with van der Waals surface area (Å²) in [5.74, 6) is 1.67. The van der Waals surface area contributed by atoms with Gasteiger partial charge in [-0.05, 0) is 74.6 Å². The molecule has 2 fully saturated rings. The van der Waals surface area contributed by atoms with Crippen LogP contribution in [0.2, 0.25) is 0 Å². The Hall–Kier alpha value is -6.98. The normalized spacial score (nSPS) is 15.0. The van der Waals surface area contributed by atoms with E-state index in [1.165, 1.54) is 19.5 Å². The summed E-state index contributed by atoms with van der Waals surface area (Å²) in [5.41, 5.74) is 3.84. The van der Waals surface area contributed by atoms with Crippen LogP contribution < -0.4 is 30.7 Å². The molecule has 18 heteroatoms. The van der Waals surface area contributed by atoms with Crippen molar-refractivity contribution in [3.8, 4) is 34.3 Å². The van der Waals surface area contributed by atoms with Gasteiger partial charge in [0.25, 0.3) is 0 Å².